The summed E-state index contributed by atoms with van der Waals surface area (Å²) >= 11 is 0. The molecule has 6 nitrogen and oxygen atoms in total. The van der Waals surface area contributed by atoms with Crippen LogP contribution in [0.2, 0.25) is 0 Å². The molecule has 1 aromatic heterocycles. The molecule has 0 amide bonds. The zero-order valence-electron chi connectivity index (χ0n) is 11.2. The van der Waals surface area contributed by atoms with Crippen molar-refractivity contribution in [1.82, 2.24) is 9.97 Å². The number of hydrogen-bond donors (Lipinski definition) is 3. The fourth-order valence-electron chi connectivity index (χ4n) is 2.16. The number of nitrogens with one attached hydrogen (secondary N) is 2. The van der Waals surface area contributed by atoms with Crippen molar-refractivity contribution in [3.63, 3.8) is 0 Å². The van der Waals surface area contributed by atoms with E-state index in [1.54, 1.807) is 0 Å². The third-order valence-corrected chi connectivity index (χ3v) is 3.23. The minimum absolute atomic E-state index is 0.392. The molecule has 1 fully saturated rings. The number of nitrogens with two attached hydrogens (primary N) is 1. The van der Waals surface area contributed by atoms with Crippen LogP contribution in [0, 0.1) is 13.8 Å². The van der Waals surface area contributed by atoms with Gasteiger partial charge in [0, 0.05) is 18.2 Å². The Morgan fingerprint density at radius 2 is 1.94 bits per heavy atom. The topological polar surface area (TPSA) is 85.1 Å². The van der Waals surface area contributed by atoms with E-state index in [0.717, 1.165) is 30.8 Å². The van der Waals surface area contributed by atoms with Crippen LogP contribution < -0.4 is 16.6 Å². The predicted molar refractivity (Wildman–Crippen MR) is 71.4 cm³/mol. The molecule has 0 bridgehead atoms. The maximum absolute atomic E-state index is 5.54. The van der Waals surface area contributed by atoms with Gasteiger partial charge in [0.25, 0.3) is 0 Å². The van der Waals surface area contributed by atoms with Crippen molar-refractivity contribution in [2.24, 2.45) is 5.84 Å². The number of aromatic nitrogens is 2. The molecule has 1 aliphatic rings. The van der Waals surface area contributed by atoms with Crippen LogP contribution in [0.3, 0.4) is 0 Å². The number of rotatable bonds is 5. The number of hydrogen-bond acceptors (Lipinski definition) is 6. The van der Waals surface area contributed by atoms with Crippen molar-refractivity contribution < 1.29 is 4.74 Å². The van der Waals surface area contributed by atoms with Gasteiger partial charge in [-0.3, -0.25) is 0 Å². The lowest BCUT2D eigenvalue weighted by atomic mass is 9.89. The molecule has 1 aliphatic carbocycles. The monoisotopic (exact) mass is 251 g/mol. The number of nitrogens with zero attached hydrogens (tertiary/aromatic N) is 2. The van der Waals surface area contributed by atoms with Gasteiger partial charge in [0.15, 0.2) is 0 Å². The standard InChI is InChI=1S/C12H21N5O/c1-4-18-10-5-9(6-10)16-11-7(2)12(17-13)15-8(3)14-11/h9-10H,4-6,13H2,1-3H3,(H2,14,15,16,17). The van der Waals surface area contributed by atoms with Crippen LogP contribution in [-0.4, -0.2) is 28.7 Å². The number of aryl methyl sites for hydroxylation is 1. The Bertz CT molecular complexity index is 417. The molecule has 0 spiro atoms. The van der Waals surface area contributed by atoms with Gasteiger partial charge >= 0.3 is 0 Å². The largest absolute Gasteiger partial charge is 0.378 e. The second-order valence-electron chi connectivity index (χ2n) is 4.63. The van der Waals surface area contributed by atoms with Gasteiger partial charge in [-0.1, -0.05) is 0 Å². The van der Waals surface area contributed by atoms with Gasteiger partial charge in [-0.15, -0.1) is 0 Å². The van der Waals surface area contributed by atoms with Crippen molar-refractivity contribution in [3.8, 4) is 0 Å². The van der Waals surface area contributed by atoms with Crippen molar-refractivity contribution in [2.45, 2.75) is 45.8 Å². The highest BCUT2D eigenvalue weighted by atomic mass is 16.5. The lowest BCUT2D eigenvalue weighted by Crippen LogP contribution is -2.41. The Balaban J connectivity index is 2.00. The molecule has 0 atom stereocenters. The van der Waals surface area contributed by atoms with Crippen LogP contribution in [0.25, 0.3) is 0 Å². The second-order valence-corrected chi connectivity index (χ2v) is 4.63. The Morgan fingerprint density at radius 1 is 1.28 bits per heavy atom. The van der Waals surface area contributed by atoms with E-state index in [0.29, 0.717) is 23.8 Å². The quantitative estimate of drug-likeness (QED) is 0.541. The Hall–Kier alpha value is -1.40. The van der Waals surface area contributed by atoms with Crippen LogP contribution >= 0.6 is 0 Å². The fourth-order valence-corrected chi connectivity index (χ4v) is 2.16. The summed E-state index contributed by atoms with van der Waals surface area (Å²) < 4.78 is 5.54. The van der Waals surface area contributed by atoms with E-state index in [1.807, 2.05) is 20.8 Å². The highest BCUT2D eigenvalue weighted by Gasteiger charge is 2.30. The maximum Gasteiger partial charge on any atom is 0.148 e. The SMILES string of the molecule is CCOC1CC(Nc2nc(C)nc(NN)c2C)C1. The highest BCUT2D eigenvalue weighted by molar-refractivity contribution is 5.57. The van der Waals surface area contributed by atoms with E-state index in [2.05, 4.69) is 20.7 Å². The van der Waals surface area contributed by atoms with Gasteiger partial charge in [-0.05, 0) is 33.6 Å². The third kappa shape index (κ3) is 2.70. The summed E-state index contributed by atoms with van der Waals surface area (Å²) in [6.45, 7) is 6.62. The van der Waals surface area contributed by atoms with Gasteiger partial charge in [0.1, 0.15) is 17.5 Å². The molecule has 4 N–H and O–H groups in total. The van der Waals surface area contributed by atoms with Crippen molar-refractivity contribution >= 4 is 11.6 Å². The minimum Gasteiger partial charge on any atom is -0.378 e. The molecule has 2 rings (SSSR count). The second kappa shape index (κ2) is 5.49. The summed E-state index contributed by atoms with van der Waals surface area (Å²) in [5.74, 6) is 7.67. The van der Waals surface area contributed by atoms with Crippen LogP contribution in [-0.2, 0) is 4.74 Å². The number of ether oxygens (including phenoxy) is 1. The molecular formula is C12H21N5O. The maximum atomic E-state index is 5.54. The molecule has 0 radical (unpaired) electrons. The molecule has 18 heavy (non-hydrogen) atoms. The van der Waals surface area contributed by atoms with Crippen LogP contribution in [0.1, 0.15) is 31.2 Å². The van der Waals surface area contributed by atoms with E-state index >= 15 is 0 Å². The third-order valence-electron chi connectivity index (χ3n) is 3.23. The Kier molecular flexibility index (Phi) is 3.98. The first-order chi connectivity index (χ1) is 8.63. The molecular weight excluding hydrogens is 230 g/mol. The van der Waals surface area contributed by atoms with Crippen molar-refractivity contribution in [3.05, 3.63) is 11.4 Å². The molecule has 0 unspecified atom stereocenters. The zero-order chi connectivity index (χ0) is 13.1. The molecule has 6 heteroatoms. The molecule has 1 heterocycles. The normalized spacial score (nSPS) is 22.4. The molecule has 1 aromatic rings. The van der Waals surface area contributed by atoms with E-state index in [4.69, 9.17) is 10.6 Å². The van der Waals surface area contributed by atoms with Crippen molar-refractivity contribution in [1.29, 1.82) is 0 Å². The number of anilines is 2. The summed E-state index contributed by atoms with van der Waals surface area (Å²) in [6, 6.07) is 0.431. The van der Waals surface area contributed by atoms with Gasteiger partial charge in [-0.25, -0.2) is 15.8 Å². The summed E-state index contributed by atoms with van der Waals surface area (Å²) in [4.78, 5) is 8.65. The zero-order valence-corrected chi connectivity index (χ0v) is 11.2. The molecule has 0 saturated heterocycles. The van der Waals surface area contributed by atoms with Crippen molar-refractivity contribution in [2.75, 3.05) is 17.3 Å². The van der Waals surface area contributed by atoms with E-state index in [-0.39, 0.29) is 0 Å². The average molecular weight is 251 g/mol. The lowest BCUT2D eigenvalue weighted by molar-refractivity contribution is 0.00291. The lowest BCUT2D eigenvalue weighted by Gasteiger charge is -2.36. The Labute approximate surface area is 107 Å². The number of nitrogen functional groups attached to an aromatic ring is 1. The van der Waals surface area contributed by atoms with Crippen LogP contribution in [0.4, 0.5) is 11.6 Å². The minimum atomic E-state index is 0.392. The van der Waals surface area contributed by atoms with Gasteiger partial charge < -0.3 is 15.5 Å². The summed E-state index contributed by atoms with van der Waals surface area (Å²) in [7, 11) is 0. The van der Waals surface area contributed by atoms with Gasteiger partial charge in [-0.2, -0.15) is 0 Å². The van der Waals surface area contributed by atoms with E-state index < -0.39 is 0 Å². The smallest absolute Gasteiger partial charge is 0.148 e. The van der Waals surface area contributed by atoms with Gasteiger partial charge in [0.05, 0.1) is 6.10 Å². The van der Waals surface area contributed by atoms with E-state index in [9.17, 15) is 0 Å². The number of hydrazine groups is 1. The summed E-state index contributed by atoms with van der Waals surface area (Å²) in [5.41, 5.74) is 3.55. The fraction of sp³-hybridized carbons (Fsp3) is 0.667. The molecule has 100 valence electrons. The van der Waals surface area contributed by atoms with E-state index in [1.165, 1.54) is 0 Å². The van der Waals surface area contributed by atoms with Gasteiger partial charge in [0.2, 0.25) is 0 Å². The molecule has 0 aromatic carbocycles. The molecule has 0 aliphatic heterocycles. The van der Waals surface area contributed by atoms with Crippen LogP contribution in [0.15, 0.2) is 0 Å². The average Bonchev–Trinajstić information content (AvgIpc) is 2.30. The Morgan fingerprint density at radius 3 is 2.56 bits per heavy atom. The first-order valence-electron chi connectivity index (χ1n) is 6.34. The van der Waals surface area contributed by atoms with Crippen LogP contribution in [0.5, 0.6) is 0 Å². The summed E-state index contributed by atoms with van der Waals surface area (Å²) in [6.07, 6.45) is 2.45. The first-order valence-corrected chi connectivity index (χ1v) is 6.34. The summed E-state index contributed by atoms with van der Waals surface area (Å²) in [5, 5.41) is 3.42. The highest BCUT2D eigenvalue weighted by Crippen LogP contribution is 2.28. The molecule has 1 saturated carbocycles. The first kappa shape index (κ1) is 13.0. The predicted octanol–water partition coefficient (Wildman–Crippen LogP) is 1.36.